The topological polar surface area (TPSA) is 15.3 Å². The summed E-state index contributed by atoms with van der Waals surface area (Å²) in [5.41, 5.74) is 0.298. The van der Waals surface area contributed by atoms with Crippen LogP contribution < -0.4 is 5.32 Å². The molecule has 1 aliphatic heterocycles. The van der Waals surface area contributed by atoms with Crippen LogP contribution in [-0.2, 0) is 0 Å². The van der Waals surface area contributed by atoms with Crippen LogP contribution in [0.3, 0.4) is 0 Å². The van der Waals surface area contributed by atoms with Crippen molar-refractivity contribution in [3.63, 3.8) is 0 Å². The first kappa shape index (κ1) is 12.0. The molecule has 0 amide bonds. The molecule has 0 radical (unpaired) electrons. The second kappa shape index (κ2) is 4.63. The van der Waals surface area contributed by atoms with Crippen LogP contribution in [0.5, 0.6) is 0 Å². The van der Waals surface area contributed by atoms with E-state index in [-0.39, 0.29) is 0 Å². The maximum Gasteiger partial charge on any atom is 0.0252 e. The van der Waals surface area contributed by atoms with Gasteiger partial charge in [0.1, 0.15) is 0 Å². The molecule has 0 aromatic carbocycles. The third-order valence-corrected chi connectivity index (χ3v) is 3.32. The van der Waals surface area contributed by atoms with Gasteiger partial charge in [0, 0.05) is 17.6 Å². The molecule has 0 saturated carbocycles. The summed E-state index contributed by atoms with van der Waals surface area (Å²) in [6.07, 6.45) is 2.67. The van der Waals surface area contributed by atoms with Crippen molar-refractivity contribution >= 4 is 0 Å². The largest absolute Gasteiger partial charge is 0.313 e. The predicted molar refractivity (Wildman–Crippen MR) is 62.6 cm³/mol. The maximum atomic E-state index is 3.58. The lowest BCUT2D eigenvalue weighted by atomic mass is 9.93. The Morgan fingerprint density at radius 2 is 2.00 bits per heavy atom. The first-order chi connectivity index (χ1) is 6.46. The third-order valence-electron chi connectivity index (χ3n) is 3.32. The highest BCUT2D eigenvalue weighted by Crippen LogP contribution is 2.23. The van der Waals surface area contributed by atoms with Gasteiger partial charge in [-0.05, 0) is 53.6 Å². The van der Waals surface area contributed by atoms with Crippen LogP contribution in [-0.4, -0.2) is 35.6 Å². The Kier molecular flexibility index (Phi) is 3.96. The fraction of sp³-hybridized carbons (Fsp3) is 1.00. The number of nitrogens with zero attached hydrogens (tertiary/aromatic N) is 1. The third kappa shape index (κ3) is 2.71. The van der Waals surface area contributed by atoms with Gasteiger partial charge < -0.3 is 5.32 Å². The van der Waals surface area contributed by atoms with Crippen molar-refractivity contribution in [2.45, 2.75) is 65.1 Å². The Hall–Kier alpha value is -0.0800. The van der Waals surface area contributed by atoms with Gasteiger partial charge in [0.15, 0.2) is 0 Å². The molecule has 2 heteroatoms. The van der Waals surface area contributed by atoms with E-state index in [1.54, 1.807) is 0 Å². The highest BCUT2D eigenvalue weighted by molar-refractivity contribution is 4.90. The van der Waals surface area contributed by atoms with Crippen LogP contribution in [0.25, 0.3) is 0 Å². The fourth-order valence-electron chi connectivity index (χ4n) is 2.66. The van der Waals surface area contributed by atoms with Crippen LogP contribution >= 0.6 is 0 Å². The molecule has 0 spiro atoms. The zero-order valence-electron chi connectivity index (χ0n) is 10.4. The smallest absolute Gasteiger partial charge is 0.0252 e. The highest BCUT2D eigenvalue weighted by Gasteiger charge is 2.32. The summed E-state index contributed by atoms with van der Waals surface area (Å²) in [6.45, 7) is 13.9. The summed E-state index contributed by atoms with van der Waals surface area (Å²) in [4.78, 5) is 2.63. The van der Waals surface area contributed by atoms with Crippen molar-refractivity contribution < 1.29 is 0 Å². The zero-order valence-corrected chi connectivity index (χ0v) is 10.4. The lowest BCUT2D eigenvalue weighted by Gasteiger charge is -2.45. The molecule has 1 saturated heterocycles. The second-order valence-electron chi connectivity index (χ2n) is 5.41. The minimum absolute atomic E-state index is 0.298. The molecule has 0 aromatic heterocycles. The Labute approximate surface area is 89.1 Å². The summed E-state index contributed by atoms with van der Waals surface area (Å²) in [5.74, 6) is 0. The van der Waals surface area contributed by atoms with Crippen molar-refractivity contribution in [2.24, 2.45) is 0 Å². The number of likely N-dealkylation sites (N-methyl/N-ethyl adjacent to an activating group) is 1. The Bertz CT molecular complexity index is 172. The minimum atomic E-state index is 0.298. The van der Waals surface area contributed by atoms with Crippen molar-refractivity contribution in [3.05, 3.63) is 0 Å². The van der Waals surface area contributed by atoms with E-state index in [1.165, 1.54) is 19.4 Å². The van der Waals surface area contributed by atoms with Gasteiger partial charge in [0.05, 0.1) is 0 Å². The Morgan fingerprint density at radius 3 is 2.43 bits per heavy atom. The van der Waals surface area contributed by atoms with E-state index in [2.05, 4.69) is 44.8 Å². The van der Waals surface area contributed by atoms with Crippen LogP contribution in [0, 0.1) is 0 Å². The van der Waals surface area contributed by atoms with Crippen LogP contribution in [0.15, 0.2) is 0 Å². The summed E-state index contributed by atoms with van der Waals surface area (Å²) in [7, 11) is 0. The minimum Gasteiger partial charge on any atom is -0.313 e. The molecule has 14 heavy (non-hydrogen) atoms. The SMILES string of the molecule is CCN(C1CCCNC1C)C(C)(C)C. The monoisotopic (exact) mass is 198 g/mol. The first-order valence-electron chi connectivity index (χ1n) is 5.97. The molecule has 2 unspecified atom stereocenters. The molecular formula is C12H26N2. The van der Waals surface area contributed by atoms with Gasteiger partial charge >= 0.3 is 0 Å². The van der Waals surface area contributed by atoms with Gasteiger partial charge in [-0.15, -0.1) is 0 Å². The van der Waals surface area contributed by atoms with E-state index in [0.717, 1.165) is 6.54 Å². The van der Waals surface area contributed by atoms with E-state index in [0.29, 0.717) is 17.6 Å². The predicted octanol–water partition coefficient (Wildman–Crippen LogP) is 2.25. The summed E-state index contributed by atoms with van der Waals surface area (Å²) in [5, 5.41) is 3.58. The Balaban J connectivity index is 2.67. The molecule has 2 nitrogen and oxygen atoms in total. The van der Waals surface area contributed by atoms with Gasteiger partial charge in [-0.2, -0.15) is 0 Å². The standard InChI is InChI=1S/C12H26N2/c1-6-14(12(3,4)5)11-8-7-9-13-10(11)2/h10-11,13H,6-9H2,1-5H3. The second-order valence-corrected chi connectivity index (χ2v) is 5.41. The number of hydrogen-bond donors (Lipinski definition) is 1. The van der Waals surface area contributed by atoms with Gasteiger partial charge in [-0.1, -0.05) is 6.92 Å². The number of nitrogens with one attached hydrogen (secondary N) is 1. The molecule has 1 heterocycles. The lowest BCUT2D eigenvalue weighted by molar-refractivity contribution is 0.0527. The van der Waals surface area contributed by atoms with Crippen molar-refractivity contribution in [1.82, 2.24) is 10.2 Å². The molecule has 1 fully saturated rings. The zero-order chi connectivity index (χ0) is 10.8. The number of hydrogen-bond acceptors (Lipinski definition) is 2. The molecule has 1 N–H and O–H groups in total. The lowest BCUT2D eigenvalue weighted by Crippen LogP contribution is -2.57. The molecule has 0 aromatic rings. The first-order valence-corrected chi connectivity index (χ1v) is 5.97. The molecule has 0 bridgehead atoms. The summed E-state index contributed by atoms with van der Waals surface area (Å²) >= 11 is 0. The fourth-order valence-corrected chi connectivity index (χ4v) is 2.66. The average Bonchev–Trinajstić information content (AvgIpc) is 2.07. The molecule has 1 aliphatic rings. The van der Waals surface area contributed by atoms with E-state index in [4.69, 9.17) is 0 Å². The summed E-state index contributed by atoms with van der Waals surface area (Å²) < 4.78 is 0. The quantitative estimate of drug-likeness (QED) is 0.732. The van der Waals surface area contributed by atoms with E-state index in [9.17, 15) is 0 Å². The van der Waals surface area contributed by atoms with Crippen LogP contribution in [0.1, 0.15) is 47.5 Å². The highest BCUT2D eigenvalue weighted by atomic mass is 15.2. The molecule has 0 aliphatic carbocycles. The van der Waals surface area contributed by atoms with Crippen LogP contribution in [0.4, 0.5) is 0 Å². The molecule has 84 valence electrons. The molecular weight excluding hydrogens is 172 g/mol. The molecule has 2 atom stereocenters. The normalized spacial score (nSPS) is 29.6. The van der Waals surface area contributed by atoms with Gasteiger partial charge in [-0.3, -0.25) is 4.90 Å². The maximum absolute atomic E-state index is 3.58. The van der Waals surface area contributed by atoms with Crippen molar-refractivity contribution in [2.75, 3.05) is 13.1 Å². The van der Waals surface area contributed by atoms with Gasteiger partial charge in [0.25, 0.3) is 0 Å². The molecule has 1 rings (SSSR count). The van der Waals surface area contributed by atoms with E-state index < -0.39 is 0 Å². The van der Waals surface area contributed by atoms with Crippen molar-refractivity contribution in [1.29, 1.82) is 0 Å². The average molecular weight is 198 g/mol. The Morgan fingerprint density at radius 1 is 1.36 bits per heavy atom. The van der Waals surface area contributed by atoms with Crippen LogP contribution in [0.2, 0.25) is 0 Å². The van der Waals surface area contributed by atoms with Gasteiger partial charge in [0.2, 0.25) is 0 Å². The van der Waals surface area contributed by atoms with E-state index in [1.807, 2.05) is 0 Å². The van der Waals surface area contributed by atoms with Crippen molar-refractivity contribution in [3.8, 4) is 0 Å². The number of piperidine rings is 1. The van der Waals surface area contributed by atoms with E-state index >= 15 is 0 Å². The van der Waals surface area contributed by atoms with Gasteiger partial charge in [-0.25, -0.2) is 0 Å². The summed E-state index contributed by atoms with van der Waals surface area (Å²) in [6, 6.07) is 1.36. The number of rotatable bonds is 2.